The van der Waals surface area contributed by atoms with E-state index in [0.29, 0.717) is 22.9 Å². The molecule has 0 fully saturated rings. The Morgan fingerprint density at radius 2 is 0.848 bits per heavy atom. The molecule has 2 aliphatic rings. The highest BCUT2D eigenvalue weighted by Gasteiger charge is 2.55. The summed E-state index contributed by atoms with van der Waals surface area (Å²) in [6, 6.07) is 47.3. The molecule has 2 aliphatic carbocycles. The third-order valence-corrected chi connectivity index (χ3v) is 16.3. The van der Waals surface area contributed by atoms with Gasteiger partial charge in [0.1, 0.15) is 8.07 Å². The molecule has 229 valence electrons. The van der Waals surface area contributed by atoms with Gasteiger partial charge in [0.15, 0.2) is 0 Å². The van der Waals surface area contributed by atoms with E-state index in [-0.39, 0.29) is 0 Å². The van der Waals surface area contributed by atoms with Crippen molar-refractivity contribution in [2.45, 2.75) is 64.5 Å². The minimum Gasteiger partial charge on any atom is -0.0674 e. The largest absolute Gasteiger partial charge is 0.140 e. The molecule has 2 atom stereocenters. The first-order chi connectivity index (χ1) is 22.2. The van der Waals surface area contributed by atoms with Crippen LogP contribution in [0.2, 0.25) is 0 Å². The normalized spacial score (nSPS) is 16.8. The van der Waals surface area contributed by atoms with Crippen molar-refractivity contribution in [1.29, 1.82) is 0 Å². The molecule has 0 N–H and O–H groups in total. The molecule has 7 rings (SSSR count). The van der Waals surface area contributed by atoms with E-state index < -0.39 is 8.07 Å². The van der Waals surface area contributed by atoms with Crippen LogP contribution in [-0.2, 0) is 0 Å². The maximum absolute atomic E-state index is 3.36. The van der Waals surface area contributed by atoms with Crippen molar-refractivity contribution in [2.24, 2.45) is 0 Å². The van der Waals surface area contributed by atoms with Gasteiger partial charge in [0, 0.05) is 11.1 Å². The number of rotatable bonds is 6. The Morgan fingerprint density at radius 3 is 1.17 bits per heavy atom. The molecular weight excluding hydrogens is 585 g/mol. The Labute approximate surface area is 281 Å². The predicted molar refractivity (Wildman–Crippen MR) is 204 cm³/mol. The van der Waals surface area contributed by atoms with Crippen molar-refractivity contribution < 1.29 is 0 Å². The van der Waals surface area contributed by atoms with Gasteiger partial charge in [-0.25, -0.2) is 0 Å². The second-order valence-corrected chi connectivity index (χ2v) is 18.2. The second kappa shape index (κ2) is 13.4. The van der Waals surface area contributed by atoms with E-state index in [4.69, 9.17) is 0 Å². The standard InChI is InChI=1S/C38H40Si.C6H5Si/c1-25(2)31-19-13-21-33-35(31)23-27(5)37(33)39(29-15-9-7-10-16-29,30-17-11-8-12-18-30)38-28(6)24-36-32(26(3)4)20-14-22-34(36)38;7-6-4-2-1-3-5-6/h7-26,37-38H,1-6H3;1-5H. The Bertz CT molecular complexity index is 1740. The van der Waals surface area contributed by atoms with Crippen LogP contribution in [0.1, 0.15) is 97.8 Å². The van der Waals surface area contributed by atoms with Crippen molar-refractivity contribution >= 4 is 46.0 Å². The molecule has 46 heavy (non-hydrogen) atoms. The zero-order valence-corrected chi connectivity index (χ0v) is 30.1. The maximum atomic E-state index is 3.36. The third-order valence-electron chi connectivity index (χ3n) is 10.1. The molecule has 2 heteroatoms. The fourth-order valence-electron chi connectivity index (χ4n) is 8.23. The van der Waals surface area contributed by atoms with Gasteiger partial charge in [0.2, 0.25) is 0 Å². The molecule has 0 bridgehead atoms. The summed E-state index contributed by atoms with van der Waals surface area (Å²) in [5.41, 5.74) is 12.7. The lowest BCUT2D eigenvalue weighted by Gasteiger charge is -2.45. The Hall–Kier alpha value is -3.99. The first-order valence-corrected chi connectivity index (χ1v) is 19.4. The number of hydrogen-bond acceptors (Lipinski definition) is 0. The highest BCUT2D eigenvalue weighted by Crippen LogP contribution is 2.53. The quantitative estimate of drug-likeness (QED) is 0.164. The molecule has 0 aromatic heterocycles. The smallest absolute Gasteiger partial charge is 0.0674 e. The van der Waals surface area contributed by atoms with Crippen LogP contribution in [0.4, 0.5) is 0 Å². The number of benzene rings is 5. The lowest BCUT2D eigenvalue weighted by atomic mass is 9.95. The predicted octanol–water partition coefficient (Wildman–Crippen LogP) is 9.46. The maximum Gasteiger partial charge on any atom is 0.140 e. The molecule has 5 aromatic carbocycles. The fraction of sp³-hybridized carbons (Fsp3) is 0.227. The molecule has 3 radical (unpaired) electrons. The number of allylic oxidation sites excluding steroid dienone is 2. The van der Waals surface area contributed by atoms with Gasteiger partial charge >= 0.3 is 0 Å². The zero-order chi connectivity index (χ0) is 32.4. The van der Waals surface area contributed by atoms with Gasteiger partial charge in [0.05, 0.1) is 10.2 Å². The summed E-state index contributed by atoms with van der Waals surface area (Å²) in [5.74, 6) is 0.990. The van der Waals surface area contributed by atoms with Crippen LogP contribution in [0.3, 0.4) is 0 Å². The highest BCUT2D eigenvalue weighted by molar-refractivity contribution is 7.05. The van der Waals surface area contributed by atoms with Gasteiger partial charge in [-0.3, -0.25) is 0 Å². The van der Waals surface area contributed by atoms with E-state index in [0.717, 1.165) is 5.19 Å². The van der Waals surface area contributed by atoms with E-state index in [9.17, 15) is 0 Å². The SMILES string of the molecule is CC1=Cc2c(C(C)C)cccc2C1[Si](c1ccccc1)(c1ccccc1)C1C(C)=Cc2c(C(C)C)cccc21.[Si]c1ccccc1. The van der Waals surface area contributed by atoms with Crippen LogP contribution >= 0.6 is 0 Å². The molecule has 2 unspecified atom stereocenters. The molecule has 0 nitrogen and oxygen atoms in total. The van der Waals surface area contributed by atoms with E-state index in [1.165, 1.54) is 54.9 Å². The molecule has 0 heterocycles. The van der Waals surface area contributed by atoms with Crippen LogP contribution in [0, 0.1) is 0 Å². The molecule has 5 aromatic rings. The molecular formula is C44H45Si2. The summed E-state index contributed by atoms with van der Waals surface area (Å²) in [4.78, 5) is 0. The van der Waals surface area contributed by atoms with E-state index >= 15 is 0 Å². The lowest BCUT2D eigenvalue weighted by Crippen LogP contribution is -2.67. The van der Waals surface area contributed by atoms with Crippen molar-refractivity contribution in [3.63, 3.8) is 0 Å². The van der Waals surface area contributed by atoms with Crippen LogP contribution in [0.15, 0.2) is 139 Å². The van der Waals surface area contributed by atoms with Crippen molar-refractivity contribution in [2.75, 3.05) is 0 Å². The van der Waals surface area contributed by atoms with Gasteiger partial charge < -0.3 is 0 Å². The van der Waals surface area contributed by atoms with Crippen LogP contribution in [0.25, 0.3) is 12.2 Å². The molecule has 0 aliphatic heterocycles. The third kappa shape index (κ3) is 5.63. The second-order valence-electron chi connectivity index (χ2n) is 13.6. The first-order valence-electron chi connectivity index (χ1n) is 16.7. The summed E-state index contributed by atoms with van der Waals surface area (Å²) in [5, 5.41) is 4.18. The van der Waals surface area contributed by atoms with Gasteiger partial charge in [0.25, 0.3) is 0 Å². The van der Waals surface area contributed by atoms with Crippen LogP contribution in [-0.4, -0.2) is 18.3 Å². The molecule has 0 spiro atoms. The summed E-state index contributed by atoms with van der Waals surface area (Å²) in [7, 11) is 0.795. The molecule has 0 saturated heterocycles. The van der Waals surface area contributed by atoms with Crippen molar-refractivity contribution in [3.8, 4) is 0 Å². The fourth-order valence-corrected chi connectivity index (χ4v) is 15.0. The Kier molecular flexibility index (Phi) is 9.31. The molecule has 0 saturated carbocycles. The monoisotopic (exact) mass is 629 g/mol. The summed E-state index contributed by atoms with van der Waals surface area (Å²) in [6.45, 7) is 14.1. The Balaban J connectivity index is 0.000000471. The van der Waals surface area contributed by atoms with Gasteiger partial charge in [-0.15, -0.1) is 0 Å². The number of hydrogen-bond donors (Lipinski definition) is 0. The van der Waals surface area contributed by atoms with Crippen molar-refractivity contribution in [1.82, 2.24) is 0 Å². The minimum absolute atomic E-state index is 0.359. The molecule has 0 amide bonds. The topological polar surface area (TPSA) is 0 Å². The minimum atomic E-state index is -2.56. The van der Waals surface area contributed by atoms with E-state index in [1.54, 1.807) is 0 Å². The van der Waals surface area contributed by atoms with Gasteiger partial charge in [-0.2, -0.15) is 0 Å². The van der Waals surface area contributed by atoms with Gasteiger partial charge in [-0.1, -0.05) is 194 Å². The lowest BCUT2D eigenvalue weighted by molar-refractivity contribution is 0.858. The van der Waals surface area contributed by atoms with Crippen molar-refractivity contribution in [3.05, 3.63) is 172 Å². The highest BCUT2D eigenvalue weighted by atomic mass is 28.3. The first kappa shape index (κ1) is 32.0. The Morgan fingerprint density at radius 1 is 0.478 bits per heavy atom. The summed E-state index contributed by atoms with van der Waals surface area (Å²) < 4.78 is 0. The average Bonchev–Trinajstić information content (AvgIpc) is 3.59. The number of fused-ring (bicyclic) bond motifs is 2. The van der Waals surface area contributed by atoms with E-state index in [1.807, 2.05) is 30.3 Å². The zero-order valence-electron chi connectivity index (χ0n) is 28.1. The summed E-state index contributed by atoms with van der Waals surface area (Å²) in [6.07, 6.45) is 5.06. The van der Waals surface area contributed by atoms with Crippen LogP contribution < -0.4 is 15.6 Å². The van der Waals surface area contributed by atoms with E-state index in [2.05, 4.69) is 161 Å². The summed E-state index contributed by atoms with van der Waals surface area (Å²) >= 11 is 0. The van der Waals surface area contributed by atoms with Gasteiger partial charge in [-0.05, 0) is 59.1 Å². The average molecular weight is 630 g/mol. The van der Waals surface area contributed by atoms with Crippen LogP contribution in [0.5, 0.6) is 0 Å².